The van der Waals surface area contributed by atoms with E-state index >= 15 is 0 Å². The number of likely N-dealkylation sites (N-methyl/N-ethyl adjacent to an activating group) is 1. The van der Waals surface area contributed by atoms with Crippen molar-refractivity contribution in [2.45, 2.75) is 31.3 Å². The number of fused-ring (bicyclic) bond motifs is 2. The van der Waals surface area contributed by atoms with Crippen molar-refractivity contribution in [3.8, 4) is 0 Å². The lowest BCUT2D eigenvalue weighted by atomic mass is 9.99. The standard InChI is InChI=1S/C13H15ClN2.C4H4O4/c1-16-10-5-6-11(16)8-9(7-10)12-3-2-4-13(14)15-12;5-3(6)1-2-4(7)8/h2-4,7,10-11H,5-6,8H2,1H3;1-2H,(H,5,6)(H,7,8)/b;2-1+. The van der Waals surface area contributed by atoms with Gasteiger partial charge in [0.2, 0.25) is 0 Å². The van der Waals surface area contributed by atoms with Crippen LogP contribution < -0.4 is 0 Å². The van der Waals surface area contributed by atoms with Crippen LogP contribution in [-0.2, 0) is 9.59 Å². The summed E-state index contributed by atoms with van der Waals surface area (Å²) in [6.45, 7) is 0. The van der Waals surface area contributed by atoms with Crippen molar-refractivity contribution in [2.75, 3.05) is 7.05 Å². The first-order chi connectivity index (χ1) is 11.4. The molecule has 2 aliphatic rings. The lowest BCUT2D eigenvalue weighted by molar-refractivity contribution is -0.134. The topological polar surface area (TPSA) is 90.7 Å². The Morgan fingerprint density at radius 3 is 2.46 bits per heavy atom. The molecule has 24 heavy (non-hydrogen) atoms. The fourth-order valence-electron chi connectivity index (χ4n) is 2.96. The van der Waals surface area contributed by atoms with E-state index in [1.807, 2.05) is 12.1 Å². The van der Waals surface area contributed by atoms with Crippen LogP contribution in [0.1, 0.15) is 25.0 Å². The highest BCUT2D eigenvalue weighted by atomic mass is 35.5. The number of rotatable bonds is 3. The summed E-state index contributed by atoms with van der Waals surface area (Å²) in [5, 5.41) is 16.2. The Hall–Kier alpha value is -2.18. The van der Waals surface area contributed by atoms with Crippen LogP contribution in [0.15, 0.2) is 36.4 Å². The minimum Gasteiger partial charge on any atom is -0.478 e. The number of carboxylic acid groups (broad SMARTS) is 2. The smallest absolute Gasteiger partial charge is 0.328 e. The Kier molecular flexibility index (Phi) is 6.11. The van der Waals surface area contributed by atoms with Gasteiger partial charge < -0.3 is 10.2 Å². The molecule has 3 heterocycles. The predicted molar refractivity (Wildman–Crippen MR) is 90.8 cm³/mol. The molecule has 1 saturated heterocycles. The third kappa shape index (κ3) is 4.91. The summed E-state index contributed by atoms with van der Waals surface area (Å²) in [4.78, 5) is 26.0. The first-order valence-corrected chi connectivity index (χ1v) is 7.94. The maximum absolute atomic E-state index is 9.55. The highest BCUT2D eigenvalue weighted by Gasteiger charge is 2.34. The van der Waals surface area contributed by atoms with Crippen molar-refractivity contribution in [1.29, 1.82) is 0 Å². The molecule has 2 unspecified atom stereocenters. The molecule has 2 atom stereocenters. The second-order valence-corrected chi connectivity index (χ2v) is 6.10. The minimum atomic E-state index is -1.26. The fourth-order valence-corrected chi connectivity index (χ4v) is 3.13. The summed E-state index contributed by atoms with van der Waals surface area (Å²) in [7, 11) is 2.22. The van der Waals surface area contributed by atoms with E-state index in [0.29, 0.717) is 29.4 Å². The Labute approximate surface area is 145 Å². The van der Waals surface area contributed by atoms with E-state index < -0.39 is 11.9 Å². The zero-order valence-corrected chi connectivity index (χ0v) is 14.0. The van der Waals surface area contributed by atoms with Crippen molar-refractivity contribution in [2.24, 2.45) is 0 Å². The molecule has 2 aliphatic heterocycles. The molecule has 3 rings (SSSR count). The van der Waals surface area contributed by atoms with Gasteiger partial charge in [-0.1, -0.05) is 23.7 Å². The van der Waals surface area contributed by atoms with Crippen molar-refractivity contribution >= 4 is 29.1 Å². The molecule has 1 fully saturated rings. The molecular weight excluding hydrogens is 332 g/mol. The van der Waals surface area contributed by atoms with Gasteiger partial charge >= 0.3 is 11.9 Å². The highest BCUT2D eigenvalue weighted by Crippen LogP contribution is 2.36. The summed E-state index contributed by atoms with van der Waals surface area (Å²) in [5.41, 5.74) is 2.42. The number of hydrogen-bond acceptors (Lipinski definition) is 4. The van der Waals surface area contributed by atoms with E-state index in [9.17, 15) is 9.59 Å². The number of carboxylic acids is 2. The Morgan fingerprint density at radius 1 is 1.25 bits per heavy atom. The zero-order valence-electron chi connectivity index (χ0n) is 13.2. The molecule has 0 radical (unpaired) electrons. The van der Waals surface area contributed by atoms with Gasteiger partial charge in [-0.2, -0.15) is 0 Å². The van der Waals surface area contributed by atoms with Crippen LogP contribution in [0, 0.1) is 0 Å². The lowest BCUT2D eigenvalue weighted by Crippen LogP contribution is -2.34. The first kappa shape index (κ1) is 18.2. The molecule has 0 amide bonds. The number of hydrogen-bond donors (Lipinski definition) is 2. The quantitative estimate of drug-likeness (QED) is 0.643. The number of aliphatic carboxylic acids is 2. The zero-order chi connectivity index (χ0) is 17.7. The molecule has 2 bridgehead atoms. The molecule has 128 valence electrons. The summed E-state index contributed by atoms with van der Waals surface area (Å²) in [5.74, 6) is -2.51. The SMILES string of the molecule is CN1C2C=C(c3cccc(Cl)n3)CC1CC2.O=C(O)/C=C/C(=O)O. The van der Waals surface area contributed by atoms with Crippen LogP contribution in [0.4, 0.5) is 0 Å². The van der Waals surface area contributed by atoms with E-state index in [1.54, 1.807) is 0 Å². The van der Waals surface area contributed by atoms with Gasteiger partial charge in [0.1, 0.15) is 5.15 Å². The Morgan fingerprint density at radius 2 is 1.92 bits per heavy atom. The van der Waals surface area contributed by atoms with Crippen LogP contribution in [0.5, 0.6) is 0 Å². The number of aromatic nitrogens is 1. The van der Waals surface area contributed by atoms with E-state index in [0.717, 1.165) is 12.1 Å². The van der Waals surface area contributed by atoms with E-state index in [1.165, 1.54) is 18.4 Å². The molecule has 0 saturated carbocycles. The molecule has 0 aliphatic carbocycles. The largest absolute Gasteiger partial charge is 0.478 e. The van der Waals surface area contributed by atoms with E-state index in [-0.39, 0.29) is 0 Å². The van der Waals surface area contributed by atoms with Crippen LogP contribution in [0.2, 0.25) is 5.15 Å². The molecule has 1 aromatic rings. The third-order valence-corrected chi connectivity index (χ3v) is 4.37. The van der Waals surface area contributed by atoms with Crippen LogP contribution >= 0.6 is 11.6 Å². The highest BCUT2D eigenvalue weighted by molar-refractivity contribution is 6.29. The Bertz CT molecular complexity index is 671. The number of nitrogens with zero attached hydrogens (tertiary/aromatic N) is 2. The molecule has 0 aromatic carbocycles. The number of carbonyl (C=O) groups is 2. The molecule has 0 spiro atoms. The van der Waals surface area contributed by atoms with Gasteiger partial charge in [0, 0.05) is 24.2 Å². The summed E-state index contributed by atoms with van der Waals surface area (Å²) < 4.78 is 0. The maximum atomic E-state index is 9.55. The maximum Gasteiger partial charge on any atom is 0.328 e. The van der Waals surface area contributed by atoms with Crippen LogP contribution in [0.25, 0.3) is 5.57 Å². The second kappa shape index (κ2) is 8.08. The van der Waals surface area contributed by atoms with Crippen molar-refractivity contribution < 1.29 is 19.8 Å². The minimum absolute atomic E-state index is 0.558. The fraction of sp³-hybridized carbons (Fsp3) is 0.353. The number of halogens is 1. The monoisotopic (exact) mass is 350 g/mol. The molecule has 1 aromatic heterocycles. The van der Waals surface area contributed by atoms with Gasteiger partial charge in [-0.3, -0.25) is 4.90 Å². The van der Waals surface area contributed by atoms with Crippen molar-refractivity contribution in [3.63, 3.8) is 0 Å². The lowest BCUT2D eigenvalue weighted by Gasteiger charge is -2.30. The average molecular weight is 351 g/mol. The Balaban J connectivity index is 0.000000224. The predicted octanol–water partition coefficient (Wildman–Crippen LogP) is 2.70. The van der Waals surface area contributed by atoms with Gasteiger partial charge in [0.15, 0.2) is 0 Å². The molecule has 2 N–H and O–H groups in total. The van der Waals surface area contributed by atoms with Crippen LogP contribution in [0.3, 0.4) is 0 Å². The normalized spacial score (nSPS) is 22.7. The van der Waals surface area contributed by atoms with Gasteiger partial charge in [0.05, 0.1) is 5.69 Å². The summed E-state index contributed by atoms with van der Waals surface area (Å²) >= 11 is 5.93. The van der Waals surface area contributed by atoms with Crippen molar-refractivity contribution in [1.82, 2.24) is 9.88 Å². The van der Waals surface area contributed by atoms with Gasteiger partial charge in [0.25, 0.3) is 0 Å². The van der Waals surface area contributed by atoms with Crippen molar-refractivity contribution in [3.05, 3.63) is 47.3 Å². The molecule has 6 nitrogen and oxygen atoms in total. The van der Waals surface area contributed by atoms with E-state index in [2.05, 4.69) is 29.1 Å². The van der Waals surface area contributed by atoms with Gasteiger partial charge in [-0.05, 0) is 44.0 Å². The van der Waals surface area contributed by atoms with E-state index in [4.69, 9.17) is 21.8 Å². The summed E-state index contributed by atoms with van der Waals surface area (Å²) in [6.07, 6.45) is 7.18. The first-order valence-electron chi connectivity index (χ1n) is 7.56. The summed E-state index contributed by atoms with van der Waals surface area (Å²) in [6, 6.07) is 7.17. The third-order valence-electron chi connectivity index (χ3n) is 4.16. The second-order valence-electron chi connectivity index (χ2n) is 5.72. The van der Waals surface area contributed by atoms with Gasteiger partial charge in [-0.15, -0.1) is 0 Å². The van der Waals surface area contributed by atoms with Crippen LogP contribution in [-0.4, -0.2) is 51.2 Å². The number of pyridine rings is 1. The molecular formula is C17H19ClN2O4. The molecule has 7 heteroatoms. The average Bonchev–Trinajstić information content (AvgIpc) is 2.75. The van der Waals surface area contributed by atoms with Gasteiger partial charge in [-0.25, -0.2) is 14.6 Å².